The van der Waals surface area contributed by atoms with Gasteiger partial charge in [0.15, 0.2) is 0 Å². The quantitative estimate of drug-likeness (QED) is 0.647. The number of carbonyl (C=O) groups is 2. The van der Waals surface area contributed by atoms with Crippen LogP contribution >= 0.6 is 0 Å². The SMILES string of the molecule is COC(=O)CCC(=O)Nc1cc(C(C)(C)C)c(O)c(C(C)(C)C)c1. The summed E-state index contributed by atoms with van der Waals surface area (Å²) in [5.74, 6) is -0.407. The van der Waals surface area contributed by atoms with E-state index in [0.717, 1.165) is 11.1 Å². The van der Waals surface area contributed by atoms with Crippen LogP contribution in [0.5, 0.6) is 5.75 Å². The summed E-state index contributed by atoms with van der Waals surface area (Å²) in [7, 11) is 1.30. The first kappa shape index (κ1) is 20.0. The number of phenols is 1. The number of aromatic hydroxyl groups is 1. The molecule has 1 amide bonds. The minimum Gasteiger partial charge on any atom is -0.507 e. The normalized spacial score (nSPS) is 12.0. The van der Waals surface area contributed by atoms with Gasteiger partial charge in [0.25, 0.3) is 0 Å². The van der Waals surface area contributed by atoms with Crippen LogP contribution in [0.25, 0.3) is 0 Å². The summed E-state index contributed by atoms with van der Waals surface area (Å²) < 4.78 is 4.54. The molecule has 0 aromatic heterocycles. The van der Waals surface area contributed by atoms with Crippen LogP contribution < -0.4 is 5.32 Å². The highest BCUT2D eigenvalue weighted by Gasteiger charge is 2.26. The van der Waals surface area contributed by atoms with Crippen molar-refractivity contribution in [3.63, 3.8) is 0 Å². The fourth-order valence-electron chi connectivity index (χ4n) is 2.39. The zero-order valence-corrected chi connectivity index (χ0v) is 15.7. The Bertz CT molecular complexity index is 586. The average Bonchev–Trinajstić information content (AvgIpc) is 2.43. The molecule has 1 aromatic rings. The highest BCUT2D eigenvalue weighted by molar-refractivity contribution is 5.93. The molecule has 0 aliphatic carbocycles. The van der Waals surface area contributed by atoms with E-state index in [1.54, 1.807) is 12.1 Å². The van der Waals surface area contributed by atoms with Crippen molar-refractivity contribution in [1.29, 1.82) is 0 Å². The van der Waals surface area contributed by atoms with Crippen molar-refractivity contribution in [3.05, 3.63) is 23.3 Å². The first-order chi connectivity index (χ1) is 10.9. The molecular formula is C19H29NO4. The molecule has 1 aromatic carbocycles. The Morgan fingerprint density at radius 1 is 1.00 bits per heavy atom. The number of methoxy groups -OCH3 is 1. The van der Waals surface area contributed by atoms with Crippen molar-refractivity contribution in [2.24, 2.45) is 0 Å². The van der Waals surface area contributed by atoms with E-state index >= 15 is 0 Å². The smallest absolute Gasteiger partial charge is 0.306 e. The summed E-state index contributed by atoms with van der Waals surface area (Å²) in [6.45, 7) is 12.1. The molecule has 0 saturated carbocycles. The Morgan fingerprint density at radius 2 is 1.46 bits per heavy atom. The average molecular weight is 335 g/mol. The van der Waals surface area contributed by atoms with E-state index in [1.807, 2.05) is 41.5 Å². The van der Waals surface area contributed by atoms with Gasteiger partial charge in [0.1, 0.15) is 5.75 Å². The molecule has 5 nitrogen and oxygen atoms in total. The number of carbonyl (C=O) groups excluding carboxylic acids is 2. The van der Waals surface area contributed by atoms with E-state index in [2.05, 4.69) is 10.1 Å². The molecule has 5 heteroatoms. The molecule has 0 radical (unpaired) electrons. The Labute approximate surface area is 144 Å². The molecule has 0 heterocycles. The third-order valence-corrected chi connectivity index (χ3v) is 3.79. The predicted octanol–water partition coefficient (Wildman–Crippen LogP) is 3.88. The Morgan fingerprint density at radius 3 is 1.83 bits per heavy atom. The summed E-state index contributed by atoms with van der Waals surface area (Å²) in [5.41, 5.74) is 1.64. The summed E-state index contributed by atoms with van der Waals surface area (Å²) >= 11 is 0. The number of phenolic OH excluding ortho intramolecular Hbond substituents is 1. The predicted molar refractivity (Wildman–Crippen MR) is 95.4 cm³/mol. The van der Waals surface area contributed by atoms with Crippen LogP contribution in [0.15, 0.2) is 12.1 Å². The molecule has 0 unspecified atom stereocenters. The lowest BCUT2D eigenvalue weighted by atomic mass is 9.79. The van der Waals surface area contributed by atoms with Crippen LogP contribution in [0.4, 0.5) is 5.69 Å². The molecule has 0 spiro atoms. The second kappa shape index (κ2) is 7.24. The number of anilines is 1. The molecule has 0 fully saturated rings. The topological polar surface area (TPSA) is 75.6 Å². The standard InChI is InChI=1S/C19H29NO4/c1-18(2,3)13-10-12(11-14(17(13)23)19(4,5)6)20-15(21)8-9-16(22)24-7/h10-11,23H,8-9H2,1-7H3,(H,20,21). The molecule has 134 valence electrons. The van der Waals surface area contributed by atoms with Crippen LogP contribution in [0, 0.1) is 0 Å². The van der Waals surface area contributed by atoms with Gasteiger partial charge in [-0.1, -0.05) is 41.5 Å². The lowest BCUT2D eigenvalue weighted by molar-refractivity contribution is -0.141. The van der Waals surface area contributed by atoms with Gasteiger partial charge in [-0.15, -0.1) is 0 Å². The van der Waals surface area contributed by atoms with E-state index in [-0.39, 0.29) is 35.3 Å². The summed E-state index contributed by atoms with van der Waals surface area (Å²) in [6.07, 6.45) is 0.0991. The molecule has 0 aliphatic heterocycles. The van der Waals surface area contributed by atoms with Crippen LogP contribution in [-0.2, 0) is 25.2 Å². The lowest BCUT2D eigenvalue weighted by Gasteiger charge is -2.28. The van der Waals surface area contributed by atoms with Crippen LogP contribution in [0.3, 0.4) is 0 Å². The second-order valence-corrected chi connectivity index (χ2v) is 8.04. The van der Waals surface area contributed by atoms with Crippen molar-refractivity contribution in [1.82, 2.24) is 0 Å². The Hall–Kier alpha value is -2.04. The number of rotatable bonds is 4. The fraction of sp³-hybridized carbons (Fsp3) is 0.579. The van der Waals surface area contributed by atoms with E-state index in [9.17, 15) is 14.7 Å². The van der Waals surface area contributed by atoms with Gasteiger partial charge in [-0.25, -0.2) is 0 Å². The van der Waals surface area contributed by atoms with Crippen molar-refractivity contribution in [2.75, 3.05) is 12.4 Å². The van der Waals surface area contributed by atoms with Crippen molar-refractivity contribution >= 4 is 17.6 Å². The summed E-state index contributed by atoms with van der Waals surface area (Å²) in [4.78, 5) is 23.2. The van der Waals surface area contributed by atoms with Crippen LogP contribution in [0.1, 0.15) is 65.5 Å². The minimum atomic E-state index is -0.415. The van der Waals surface area contributed by atoms with Crippen LogP contribution in [0.2, 0.25) is 0 Å². The number of nitrogens with one attached hydrogen (secondary N) is 1. The van der Waals surface area contributed by atoms with E-state index in [1.165, 1.54) is 7.11 Å². The molecule has 0 bridgehead atoms. The van der Waals surface area contributed by atoms with Crippen molar-refractivity contribution in [2.45, 2.75) is 65.2 Å². The molecule has 2 N–H and O–H groups in total. The van der Waals surface area contributed by atoms with Crippen molar-refractivity contribution < 1.29 is 19.4 Å². The Kier molecular flexibility index (Phi) is 6.04. The van der Waals surface area contributed by atoms with Crippen LogP contribution in [-0.4, -0.2) is 24.1 Å². The maximum atomic E-state index is 12.1. The summed E-state index contributed by atoms with van der Waals surface area (Å²) in [5, 5.41) is 13.5. The first-order valence-electron chi connectivity index (χ1n) is 8.11. The zero-order chi connectivity index (χ0) is 18.7. The third-order valence-electron chi connectivity index (χ3n) is 3.79. The zero-order valence-electron chi connectivity index (χ0n) is 15.7. The van der Waals surface area contributed by atoms with E-state index in [4.69, 9.17) is 0 Å². The highest BCUT2D eigenvalue weighted by atomic mass is 16.5. The number of benzene rings is 1. The number of amides is 1. The molecule has 24 heavy (non-hydrogen) atoms. The van der Waals surface area contributed by atoms with Gasteiger partial charge >= 0.3 is 5.97 Å². The van der Waals surface area contributed by atoms with Gasteiger partial charge in [-0.2, -0.15) is 0 Å². The molecule has 0 aliphatic rings. The maximum absolute atomic E-state index is 12.1. The minimum absolute atomic E-state index is 0.0404. The summed E-state index contributed by atoms with van der Waals surface area (Å²) in [6, 6.07) is 3.58. The fourth-order valence-corrected chi connectivity index (χ4v) is 2.39. The van der Waals surface area contributed by atoms with Gasteiger partial charge in [0.2, 0.25) is 5.91 Å². The van der Waals surface area contributed by atoms with Gasteiger partial charge in [-0.3, -0.25) is 9.59 Å². The van der Waals surface area contributed by atoms with Gasteiger partial charge in [0, 0.05) is 23.2 Å². The van der Waals surface area contributed by atoms with Crippen molar-refractivity contribution in [3.8, 4) is 5.75 Å². The maximum Gasteiger partial charge on any atom is 0.306 e. The molecule has 1 rings (SSSR count). The molecular weight excluding hydrogens is 306 g/mol. The lowest BCUT2D eigenvalue weighted by Crippen LogP contribution is -2.19. The first-order valence-corrected chi connectivity index (χ1v) is 8.11. The monoisotopic (exact) mass is 335 g/mol. The molecule has 0 saturated heterocycles. The highest BCUT2D eigenvalue weighted by Crippen LogP contribution is 2.41. The number of ether oxygens (including phenoxy) is 1. The van der Waals surface area contributed by atoms with Gasteiger partial charge < -0.3 is 15.2 Å². The Balaban J connectivity index is 3.16. The third kappa shape index (κ3) is 5.25. The number of hydrogen-bond acceptors (Lipinski definition) is 4. The van der Waals surface area contributed by atoms with E-state index in [0.29, 0.717) is 5.69 Å². The number of hydrogen-bond donors (Lipinski definition) is 2. The van der Waals surface area contributed by atoms with E-state index < -0.39 is 5.97 Å². The number of esters is 1. The van der Waals surface area contributed by atoms with Gasteiger partial charge in [0.05, 0.1) is 13.5 Å². The van der Waals surface area contributed by atoms with Gasteiger partial charge in [-0.05, 0) is 23.0 Å². The second-order valence-electron chi connectivity index (χ2n) is 8.04. The largest absolute Gasteiger partial charge is 0.507 e. The molecule has 0 atom stereocenters.